The largest absolute Gasteiger partial charge is 0.490 e. The normalized spacial score (nSPS) is 16.4. The van der Waals surface area contributed by atoms with E-state index < -0.39 is 12.1 Å². The predicted molar refractivity (Wildman–Crippen MR) is 123 cm³/mol. The molecule has 10 nitrogen and oxygen atoms in total. The average Bonchev–Trinajstić information content (AvgIpc) is 3.54. The van der Waals surface area contributed by atoms with E-state index in [0.717, 1.165) is 32.0 Å². The number of aromatic nitrogens is 3. The number of nitrogens with one attached hydrogen (secondary N) is 2. The Bertz CT molecular complexity index is 1330. The van der Waals surface area contributed by atoms with Crippen molar-refractivity contribution in [3.63, 3.8) is 0 Å². The van der Waals surface area contributed by atoms with Crippen LogP contribution in [0.15, 0.2) is 42.7 Å². The molecule has 1 amide bonds. The molecule has 5 rings (SSSR count). The summed E-state index contributed by atoms with van der Waals surface area (Å²) in [4.78, 5) is 28.8. The standard InChI is InChI=1S/C21H21N7O.C2HF3O2/c22-11-15-3-1-2-4-17(15)25-20(29)16-12-24-28-9-5-18(26-19(16)28)27-10-8-23-13-21(14-27)6-7-21;3-2(4,5)1(6)7/h1-5,9,12,23H,6-8,10,13-14H2,(H,25,29);(H,6,7). The summed E-state index contributed by atoms with van der Waals surface area (Å²) in [5.41, 5.74) is 2.15. The highest BCUT2D eigenvalue weighted by Gasteiger charge is 2.44. The number of rotatable bonds is 3. The van der Waals surface area contributed by atoms with Gasteiger partial charge in [-0.25, -0.2) is 14.3 Å². The van der Waals surface area contributed by atoms with Gasteiger partial charge in [-0.05, 0) is 31.0 Å². The van der Waals surface area contributed by atoms with Crippen LogP contribution < -0.4 is 15.5 Å². The molecule has 2 aliphatic rings. The van der Waals surface area contributed by atoms with E-state index in [1.165, 1.54) is 19.0 Å². The Morgan fingerprint density at radius 3 is 2.61 bits per heavy atom. The topological polar surface area (TPSA) is 136 Å². The molecule has 0 unspecified atom stereocenters. The highest BCUT2D eigenvalue weighted by molar-refractivity contribution is 6.08. The van der Waals surface area contributed by atoms with E-state index >= 15 is 0 Å². The molecule has 1 aromatic carbocycles. The van der Waals surface area contributed by atoms with Crippen LogP contribution in [0.25, 0.3) is 5.65 Å². The maximum absolute atomic E-state index is 12.9. The second-order valence-corrected chi connectivity index (χ2v) is 8.62. The second-order valence-electron chi connectivity index (χ2n) is 8.62. The van der Waals surface area contributed by atoms with Gasteiger partial charge in [-0.2, -0.15) is 23.5 Å². The number of hydrogen-bond acceptors (Lipinski definition) is 7. The first kappa shape index (κ1) is 24.9. The number of nitriles is 1. The maximum Gasteiger partial charge on any atom is 0.490 e. The van der Waals surface area contributed by atoms with Crippen LogP contribution >= 0.6 is 0 Å². The van der Waals surface area contributed by atoms with Crippen LogP contribution in [-0.4, -0.2) is 63.9 Å². The zero-order valence-corrected chi connectivity index (χ0v) is 18.9. The number of hydrogen-bond donors (Lipinski definition) is 3. The molecule has 1 aliphatic heterocycles. The van der Waals surface area contributed by atoms with Gasteiger partial charge in [0.1, 0.15) is 17.5 Å². The molecule has 0 atom stereocenters. The third kappa shape index (κ3) is 5.55. The van der Waals surface area contributed by atoms with Crippen molar-refractivity contribution < 1.29 is 27.9 Å². The van der Waals surface area contributed by atoms with Gasteiger partial charge in [0.15, 0.2) is 5.65 Å². The molecule has 1 aliphatic carbocycles. The van der Waals surface area contributed by atoms with Crippen molar-refractivity contribution in [2.45, 2.75) is 19.0 Å². The predicted octanol–water partition coefficient (Wildman–Crippen LogP) is 2.68. The van der Waals surface area contributed by atoms with Gasteiger partial charge >= 0.3 is 12.1 Å². The SMILES string of the molecule is N#Cc1ccccc1NC(=O)c1cnn2ccc(N3CCNCC4(CC4)C3)nc12.O=C(O)C(F)(F)F. The average molecular weight is 501 g/mol. The zero-order valence-electron chi connectivity index (χ0n) is 18.9. The molecule has 13 heteroatoms. The highest BCUT2D eigenvalue weighted by atomic mass is 19.4. The summed E-state index contributed by atoms with van der Waals surface area (Å²) in [5, 5.41) is 27.0. The van der Waals surface area contributed by atoms with E-state index in [2.05, 4.69) is 26.7 Å². The summed E-state index contributed by atoms with van der Waals surface area (Å²) in [5.74, 6) is -2.23. The number of alkyl halides is 3. The van der Waals surface area contributed by atoms with Crippen LogP contribution in [0, 0.1) is 16.7 Å². The van der Waals surface area contributed by atoms with Gasteiger partial charge in [-0.1, -0.05) is 12.1 Å². The first-order valence-corrected chi connectivity index (χ1v) is 11.0. The van der Waals surface area contributed by atoms with E-state index in [0.29, 0.717) is 27.9 Å². The van der Waals surface area contributed by atoms with E-state index in [9.17, 15) is 23.2 Å². The molecule has 3 N–H and O–H groups in total. The smallest absolute Gasteiger partial charge is 0.475 e. The molecule has 0 radical (unpaired) electrons. The Labute approximate surface area is 203 Å². The van der Waals surface area contributed by atoms with E-state index in [4.69, 9.17) is 14.9 Å². The third-order valence-corrected chi connectivity index (χ3v) is 6.00. The highest BCUT2D eigenvalue weighted by Crippen LogP contribution is 2.46. The number of carbonyl (C=O) groups excluding carboxylic acids is 1. The summed E-state index contributed by atoms with van der Waals surface area (Å²) in [6.07, 6.45) is 0.771. The lowest BCUT2D eigenvalue weighted by atomic mass is 10.1. The molecule has 2 aromatic heterocycles. The second kappa shape index (κ2) is 9.82. The van der Waals surface area contributed by atoms with Gasteiger partial charge in [-0.3, -0.25) is 4.79 Å². The molecule has 1 saturated carbocycles. The number of nitrogens with zero attached hydrogens (tertiary/aromatic N) is 5. The van der Waals surface area contributed by atoms with Crippen molar-refractivity contribution in [1.29, 1.82) is 5.26 Å². The monoisotopic (exact) mass is 501 g/mol. The fraction of sp³-hybridized carbons (Fsp3) is 0.348. The Balaban J connectivity index is 0.000000384. The van der Waals surface area contributed by atoms with E-state index in [1.807, 2.05) is 12.3 Å². The van der Waals surface area contributed by atoms with Crippen molar-refractivity contribution in [2.24, 2.45) is 5.41 Å². The molecule has 3 heterocycles. The quantitative estimate of drug-likeness (QED) is 0.499. The molecule has 36 heavy (non-hydrogen) atoms. The van der Waals surface area contributed by atoms with Crippen LogP contribution in [0.3, 0.4) is 0 Å². The van der Waals surface area contributed by atoms with Crippen LogP contribution in [0.1, 0.15) is 28.8 Å². The number of carboxylic acids is 1. The number of amides is 1. The van der Waals surface area contributed by atoms with Crippen LogP contribution in [0.2, 0.25) is 0 Å². The fourth-order valence-corrected chi connectivity index (χ4v) is 3.89. The van der Waals surface area contributed by atoms with Crippen molar-refractivity contribution >= 4 is 29.0 Å². The lowest BCUT2D eigenvalue weighted by molar-refractivity contribution is -0.192. The van der Waals surface area contributed by atoms with Crippen LogP contribution in [-0.2, 0) is 4.79 Å². The first-order valence-electron chi connectivity index (χ1n) is 11.0. The number of carboxylic acid groups (broad SMARTS) is 1. The fourth-order valence-electron chi connectivity index (χ4n) is 3.89. The minimum Gasteiger partial charge on any atom is -0.475 e. The number of aliphatic carboxylic acids is 1. The Kier molecular flexibility index (Phi) is 6.80. The number of benzene rings is 1. The van der Waals surface area contributed by atoms with Gasteiger partial charge in [-0.15, -0.1) is 0 Å². The Morgan fingerprint density at radius 2 is 1.94 bits per heavy atom. The van der Waals surface area contributed by atoms with Gasteiger partial charge in [0.2, 0.25) is 0 Å². The summed E-state index contributed by atoms with van der Waals surface area (Å²) in [6.45, 7) is 3.85. The number of fused-ring (bicyclic) bond motifs is 1. The minimum absolute atomic E-state index is 0.330. The van der Waals surface area contributed by atoms with Gasteiger partial charge in [0.05, 0.1) is 17.4 Å². The van der Waals surface area contributed by atoms with Crippen molar-refractivity contribution in [3.05, 3.63) is 53.9 Å². The Morgan fingerprint density at radius 1 is 1.22 bits per heavy atom. The van der Waals surface area contributed by atoms with Crippen molar-refractivity contribution in [1.82, 2.24) is 19.9 Å². The summed E-state index contributed by atoms with van der Waals surface area (Å²) in [7, 11) is 0. The van der Waals surface area contributed by atoms with E-state index in [1.54, 1.807) is 28.8 Å². The van der Waals surface area contributed by atoms with Crippen molar-refractivity contribution in [2.75, 3.05) is 36.4 Å². The third-order valence-electron chi connectivity index (χ3n) is 6.00. The molecule has 188 valence electrons. The molecule has 1 saturated heterocycles. The maximum atomic E-state index is 12.9. The van der Waals surface area contributed by atoms with E-state index in [-0.39, 0.29) is 5.91 Å². The number of carbonyl (C=O) groups is 2. The molecule has 0 bridgehead atoms. The van der Waals surface area contributed by atoms with Gasteiger partial charge < -0.3 is 20.6 Å². The summed E-state index contributed by atoms with van der Waals surface area (Å²) in [6, 6.07) is 11.0. The minimum atomic E-state index is -5.08. The lowest BCUT2D eigenvalue weighted by Crippen LogP contribution is -2.31. The van der Waals surface area contributed by atoms with Crippen LogP contribution in [0.4, 0.5) is 24.7 Å². The zero-order chi connectivity index (χ0) is 25.9. The van der Waals surface area contributed by atoms with Gasteiger partial charge in [0.25, 0.3) is 5.91 Å². The number of halogens is 3. The summed E-state index contributed by atoms with van der Waals surface area (Å²) >= 11 is 0. The molecule has 3 aromatic rings. The molecular weight excluding hydrogens is 479 g/mol. The van der Waals surface area contributed by atoms with Gasteiger partial charge in [0, 0.05) is 37.8 Å². The molecule has 2 fully saturated rings. The molecule has 1 spiro atoms. The number of anilines is 2. The first-order chi connectivity index (χ1) is 17.1. The lowest BCUT2D eigenvalue weighted by Gasteiger charge is -2.24. The number of para-hydroxylation sites is 1. The van der Waals surface area contributed by atoms with Crippen molar-refractivity contribution in [3.8, 4) is 6.07 Å². The molecular formula is C23H22F3N7O3. The van der Waals surface area contributed by atoms with Crippen LogP contribution in [0.5, 0.6) is 0 Å². The summed E-state index contributed by atoms with van der Waals surface area (Å²) < 4.78 is 33.3. The Hall–Kier alpha value is -4.18.